The average molecular weight is 381 g/mol. The second-order valence-corrected chi connectivity index (χ2v) is 5.33. The van der Waals surface area contributed by atoms with Gasteiger partial charge in [0.05, 0.1) is 4.92 Å². The van der Waals surface area contributed by atoms with E-state index in [0.717, 1.165) is 23.1 Å². The molecule has 0 aliphatic heterocycles. The number of benzene rings is 2. The third-order valence-corrected chi connectivity index (χ3v) is 3.31. The zero-order valence-corrected chi connectivity index (χ0v) is 12.7. The highest BCUT2D eigenvalue weighted by molar-refractivity contribution is 14.1. The third-order valence-electron chi connectivity index (χ3n) is 2.59. The largest absolute Gasteiger partial charge is 0.489 e. The summed E-state index contributed by atoms with van der Waals surface area (Å²) in [5, 5.41) is 10.2. The van der Waals surface area contributed by atoms with Crippen LogP contribution in [0, 0.1) is 13.7 Å². The summed E-state index contributed by atoms with van der Waals surface area (Å²) >= 11 is 2.26. The molecule has 2 rings (SSSR count). The Labute approximate surface area is 130 Å². The van der Waals surface area contributed by atoms with Gasteiger partial charge in [0.15, 0.2) is 0 Å². The molecule has 0 aliphatic rings. The molecule has 102 valence electrons. The lowest BCUT2D eigenvalue weighted by molar-refractivity contribution is -0.400. The third kappa shape index (κ3) is 4.65. The number of ether oxygens (including phenoxy) is 1. The highest BCUT2D eigenvalue weighted by Gasteiger charge is 1.97. The maximum Gasteiger partial charge on any atom is 0.235 e. The lowest BCUT2D eigenvalue weighted by Gasteiger charge is -2.06. The van der Waals surface area contributed by atoms with Crippen molar-refractivity contribution in [2.24, 2.45) is 0 Å². The van der Waals surface area contributed by atoms with Crippen LogP contribution in [0.3, 0.4) is 0 Å². The van der Waals surface area contributed by atoms with E-state index in [4.69, 9.17) is 4.74 Å². The minimum Gasteiger partial charge on any atom is -0.489 e. The van der Waals surface area contributed by atoms with Gasteiger partial charge in [-0.15, -0.1) is 0 Å². The monoisotopic (exact) mass is 381 g/mol. The first-order valence-electron chi connectivity index (χ1n) is 5.92. The number of nitro groups is 1. The Hall–Kier alpha value is -1.89. The lowest BCUT2D eigenvalue weighted by atomic mass is 10.2. The van der Waals surface area contributed by atoms with Crippen molar-refractivity contribution in [2.75, 3.05) is 0 Å². The minimum atomic E-state index is -0.485. The summed E-state index contributed by atoms with van der Waals surface area (Å²) in [4.78, 5) is 9.73. The van der Waals surface area contributed by atoms with Gasteiger partial charge in [-0.2, -0.15) is 0 Å². The molecule has 2 aromatic carbocycles. The highest BCUT2D eigenvalue weighted by atomic mass is 127. The smallest absolute Gasteiger partial charge is 0.235 e. The number of hydrogen-bond acceptors (Lipinski definition) is 3. The Morgan fingerprint density at radius 1 is 1.10 bits per heavy atom. The molecule has 0 spiro atoms. The van der Waals surface area contributed by atoms with Gasteiger partial charge >= 0.3 is 0 Å². The van der Waals surface area contributed by atoms with Gasteiger partial charge < -0.3 is 4.74 Å². The van der Waals surface area contributed by atoms with E-state index < -0.39 is 4.92 Å². The van der Waals surface area contributed by atoms with Crippen LogP contribution in [0.15, 0.2) is 54.7 Å². The van der Waals surface area contributed by atoms with Gasteiger partial charge in [-0.3, -0.25) is 10.1 Å². The van der Waals surface area contributed by atoms with Crippen molar-refractivity contribution in [3.05, 3.63) is 79.5 Å². The van der Waals surface area contributed by atoms with E-state index >= 15 is 0 Å². The van der Waals surface area contributed by atoms with Crippen LogP contribution in [0.5, 0.6) is 5.75 Å². The molecule has 0 radical (unpaired) electrons. The van der Waals surface area contributed by atoms with Gasteiger partial charge in [-0.1, -0.05) is 24.3 Å². The molecule has 0 bridgehead atoms. The normalized spacial score (nSPS) is 10.7. The molecule has 2 aromatic rings. The lowest BCUT2D eigenvalue weighted by Crippen LogP contribution is -1.95. The number of nitrogens with zero attached hydrogens (tertiary/aromatic N) is 1. The van der Waals surface area contributed by atoms with Crippen molar-refractivity contribution < 1.29 is 9.66 Å². The van der Waals surface area contributed by atoms with Gasteiger partial charge in [-0.25, -0.2) is 0 Å². The van der Waals surface area contributed by atoms with Crippen LogP contribution in [0.4, 0.5) is 0 Å². The molecule has 0 aliphatic carbocycles. The summed E-state index contributed by atoms with van der Waals surface area (Å²) in [5.74, 6) is 0.738. The Morgan fingerprint density at radius 3 is 2.35 bits per heavy atom. The molecule has 4 nitrogen and oxygen atoms in total. The topological polar surface area (TPSA) is 52.4 Å². The number of rotatable bonds is 5. The van der Waals surface area contributed by atoms with E-state index in [1.54, 1.807) is 24.3 Å². The van der Waals surface area contributed by atoms with Crippen LogP contribution in [0.25, 0.3) is 6.08 Å². The number of halogens is 1. The van der Waals surface area contributed by atoms with Crippen molar-refractivity contribution in [3.8, 4) is 5.75 Å². The fourth-order valence-electron chi connectivity index (χ4n) is 1.57. The van der Waals surface area contributed by atoms with Crippen molar-refractivity contribution in [1.29, 1.82) is 0 Å². The molecule has 0 fully saturated rings. The van der Waals surface area contributed by atoms with Gasteiger partial charge in [0.2, 0.25) is 6.20 Å². The van der Waals surface area contributed by atoms with Crippen LogP contribution in [0.2, 0.25) is 0 Å². The minimum absolute atomic E-state index is 0.485. The van der Waals surface area contributed by atoms with Crippen LogP contribution < -0.4 is 4.74 Å². The Morgan fingerprint density at radius 2 is 1.75 bits per heavy atom. The van der Waals surface area contributed by atoms with E-state index in [9.17, 15) is 10.1 Å². The standard InChI is InChI=1S/C15H12INO3/c16-14-5-1-13(2-6-14)11-20-15-7-3-12(4-8-15)9-10-17(18)19/h1-10H,11H2/b10-9+. The number of hydrogen-bond donors (Lipinski definition) is 0. The summed E-state index contributed by atoms with van der Waals surface area (Å²) in [7, 11) is 0. The molecule has 0 heterocycles. The first-order valence-corrected chi connectivity index (χ1v) is 7.00. The van der Waals surface area contributed by atoms with Crippen LogP contribution in [0.1, 0.15) is 11.1 Å². The molecule has 0 saturated carbocycles. The van der Waals surface area contributed by atoms with E-state index in [1.807, 2.05) is 24.3 Å². The van der Waals surface area contributed by atoms with Crippen molar-refractivity contribution in [1.82, 2.24) is 0 Å². The Kier molecular flexibility index (Phi) is 5.11. The van der Waals surface area contributed by atoms with Gasteiger partial charge in [0.1, 0.15) is 12.4 Å². The maximum atomic E-state index is 10.2. The maximum absolute atomic E-state index is 10.2. The average Bonchev–Trinajstić information content (AvgIpc) is 2.45. The molecular formula is C15H12INO3. The molecule has 0 aromatic heterocycles. The molecule has 0 amide bonds. The van der Waals surface area contributed by atoms with Crippen LogP contribution in [-0.4, -0.2) is 4.92 Å². The predicted molar refractivity (Wildman–Crippen MR) is 86.0 cm³/mol. The Balaban J connectivity index is 1.93. The summed E-state index contributed by atoms with van der Waals surface area (Å²) in [6, 6.07) is 15.3. The van der Waals surface area contributed by atoms with E-state index in [-0.39, 0.29) is 0 Å². The molecule has 0 unspecified atom stereocenters. The fourth-order valence-corrected chi connectivity index (χ4v) is 1.93. The molecule has 0 saturated heterocycles. The van der Waals surface area contributed by atoms with Gasteiger partial charge in [0.25, 0.3) is 0 Å². The molecule has 0 N–H and O–H groups in total. The quantitative estimate of drug-likeness (QED) is 0.445. The van der Waals surface area contributed by atoms with E-state index in [1.165, 1.54) is 9.65 Å². The zero-order chi connectivity index (χ0) is 14.4. The summed E-state index contributed by atoms with van der Waals surface area (Å²) in [6.07, 6.45) is 2.37. The summed E-state index contributed by atoms with van der Waals surface area (Å²) < 4.78 is 6.84. The SMILES string of the molecule is O=[N+]([O-])/C=C/c1ccc(OCc2ccc(I)cc2)cc1. The first kappa shape index (κ1) is 14.5. The molecule has 20 heavy (non-hydrogen) atoms. The molecule has 5 heteroatoms. The second kappa shape index (κ2) is 7.04. The van der Waals surface area contributed by atoms with Crippen molar-refractivity contribution in [3.63, 3.8) is 0 Å². The predicted octanol–water partition coefficient (Wildman–Crippen LogP) is 4.12. The Bertz CT molecular complexity index is 606. The summed E-state index contributed by atoms with van der Waals surface area (Å²) in [5.41, 5.74) is 1.87. The molecular weight excluding hydrogens is 369 g/mol. The van der Waals surface area contributed by atoms with Crippen LogP contribution >= 0.6 is 22.6 Å². The van der Waals surface area contributed by atoms with Gasteiger partial charge in [-0.05, 0) is 58.0 Å². The van der Waals surface area contributed by atoms with E-state index in [0.29, 0.717) is 6.61 Å². The fraction of sp³-hybridized carbons (Fsp3) is 0.0667. The first-order chi connectivity index (χ1) is 9.63. The summed E-state index contributed by atoms with van der Waals surface area (Å²) in [6.45, 7) is 0.501. The zero-order valence-electron chi connectivity index (χ0n) is 10.5. The molecule has 0 atom stereocenters. The second-order valence-electron chi connectivity index (χ2n) is 4.09. The van der Waals surface area contributed by atoms with Crippen molar-refractivity contribution in [2.45, 2.75) is 6.61 Å². The highest BCUT2D eigenvalue weighted by Crippen LogP contribution is 2.15. The van der Waals surface area contributed by atoms with Gasteiger partial charge in [0, 0.05) is 9.65 Å². The van der Waals surface area contributed by atoms with E-state index in [2.05, 4.69) is 22.6 Å². The van der Waals surface area contributed by atoms with Crippen molar-refractivity contribution >= 4 is 28.7 Å². The van der Waals surface area contributed by atoms with Crippen LogP contribution in [-0.2, 0) is 6.61 Å².